The number of nitrogens with zero attached hydrogens (tertiary/aromatic N) is 3. The molecule has 29 heavy (non-hydrogen) atoms. The predicted octanol–water partition coefficient (Wildman–Crippen LogP) is 4.26. The van der Waals surface area contributed by atoms with Gasteiger partial charge < -0.3 is 5.32 Å². The average Bonchev–Trinajstić information content (AvgIpc) is 3.29. The Labute approximate surface area is 167 Å². The first-order valence-electron chi connectivity index (χ1n) is 8.36. The zero-order valence-electron chi connectivity index (χ0n) is 15.1. The molecule has 0 aliphatic carbocycles. The number of Topliss-reactive ketones (excluding diaryl/α,β-unsaturated/α-hetero) is 1. The predicted molar refractivity (Wildman–Crippen MR) is 103 cm³/mol. The molecule has 0 atom stereocenters. The summed E-state index contributed by atoms with van der Waals surface area (Å²) in [7, 11) is 0. The summed E-state index contributed by atoms with van der Waals surface area (Å²) >= 11 is 1.32. The maximum absolute atomic E-state index is 13.0. The van der Waals surface area contributed by atoms with Gasteiger partial charge in [-0.25, -0.2) is 4.98 Å². The Kier molecular flexibility index (Phi) is 5.92. The number of rotatable bonds is 6. The molecule has 0 fully saturated rings. The summed E-state index contributed by atoms with van der Waals surface area (Å²) < 4.78 is 40.5. The number of ketones is 1. The second-order valence-electron chi connectivity index (χ2n) is 5.99. The topological polar surface area (TPSA) is 76.9 Å². The minimum Gasteiger partial charge on any atom is -0.306 e. The summed E-state index contributed by atoms with van der Waals surface area (Å²) in [5, 5.41) is 8.99. The zero-order valence-corrected chi connectivity index (χ0v) is 15.9. The normalized spacial score (nSPS) is 11.7. The van der Waals surface area contributed by atoms with Gasteiger partial charge in [0.15, 0.2) is 11.6 Å². The van der Waals surface area contributed by atoms with Gasteiger partial charge in [0.25, 0.3) is 0 Å². The number of carbonyl (C=O) groups excluding carboxylic acids is 2. The lowest BCUT2D eigenvalue weighted by molar-refractivity contribution is -0.137. The van der Waals surface area contributed by atoms with Crippen LogP contribution in [-0.2, 0) is 17.5 Å². The molecule has 1 amide bonds. The van der Waals surface area contributed by atoms with Crippen LogP contribution in [0.15, 0.2) is 48.0 Å². The van der Waals surface area contributed by atoms with Crippen LogP contribution in [-0.4, -0.2) is 26.5 Å². The number of nitrogens with one attached hydrogen (secondary N) is 1. The van der Waals surface area contributed by atoms with E-state index in [0.717, 1.165) is 18.2 Å². The number of alkyl halides is 3. The van der Waals surface area contributed by atoms with Crippen LogP contribution in [0.2, 0.25) is 0 Å². The summed E-state index contributed by atoms with van der Waals surface area (Å²) in [4.78, 5) is 27.5. The molecule has 3 rings (SSSR count). The molecular formula is C19H15F3N4O2S. The van der Waals surface area contributed by atoms with Crippen molar-refractivity contribution in [2.45, 2.75) is 19.6 Å². The summed E-state index contributed by atoms with van der Waals surface area (Å²) in [5.41, 5.74) is -0.539. The molecule has 0 unspecified atom stereocenters. The summed E-state index contributed by atoms with van der Waals surface area (Å²) in [6.45, 7) is 1.75. The Balaban J connectivity index is 1.63. The third-order valence-corrected chi connectivity index (χ3v) is 4.62. The van der Waals surface area contributed by atoms with Gasteiger partial charge in [0.05, 0.1) is 12.1 Å². The summed E-state index contributed by atoms with van der Waals surface area (Å²) in [5.74, 6) is -0.493. The highest BCUT2D eigenvalue weighted by atomic mass is 32.1. The van der Waals surface area contributed by atoms with Gasteiger partial charge in [-0.3, -0.25) is 14.3 Å². The van der Waals surface area contributed by atoms with Crippen molar-refractivity contribution in [2.24, 2.45) is 0 Å². The van der Waals surface area contributed by atoms with E-state index in [4.69, 9.17) is 0 Å². The van der Waals surface area contributed by atoms with Gasteiger partial charge in [-0.05, 0) is 17.7 Å². The molecule has 0 spiro atoms. The highest BCUT2D eigenvalue weighted by molar-refractivity contribution is 7.09. The van der Waals surface area contributed by atoms with Crippen molar-refractivity contribution in [3.8, 4) is 0 Å². The van der Waals surface area contributed by atoms with Crippen LogP contribution < -0.4 is 5.32 Å². The Bertz CT molecular complexity index is 1070. The van der Waals surface area contributed by atoms with Crippen LogP contribution in [0, 0.1) is 0 Å². The van der Waals surface area contributed by atoms with E-state index in [2.05, 4.69) is 15.4 Å². The van der Waals surface area contributed by atoms with Gasteiger partial charge in [-0.1, -0.05) is 18.2 Å². The molecule has 6 nitrogen and oxygen atoms in total. The number of aromatic nitrogens is 3. The number of hydrogen-bond acceptors (Lipinski definition) is 5. The standard InChI is InChI=1S/C19H15F3N4O2S/c1-12(27)15-11-29-18(23-15)10-26-9-8-16(25-26)24-17(28)7-6-13-4-2-3-5-14(13)19(20,21)22/h2-9,11H,10H2,1H3,(H,24,25,28). The van der Waals surface area contributed by atoms with Crippen molar-refractivity contribution in [1.82, 2.24) is 14.8 Å². The third kappa shape index (κ3) is 5.38. The van der Waals surface area contributed by atoms with Crippen LogP contribution in [0.3, 0.4) is 0 Å². The van der Waals surface area contributed by atoms with Crippen molar-refractivity contribution < 1.29 is 22.8 Å². The number of hydrogen-bond donors (Lipinski definition) is 1. The van der Waals surface area contributed by atoms with Crippen LogP contribution in [0.5, 0.6) is 0 Å². The maximum atomic E-state index is 13.0. The first-order valence-corrected chi connectivity index (χ1v) is 9.24. The highest BCUT2D eigenvalue weighted by Gasteiger charge is 2.32. The maximum Gasteiger partial charge on any atom is 0.416 e. The second kappa shape index (κ2) is 8.39. The van der Waals surface area contributed by atoms with E-state index in [1.165, 1.54) is 41.1 Å². The van der Waals surface area contributed by atoms with Crippen LogP contribution in [0.1, 0.15) is 33.5 Å². The molecule has 0 saturated carbocycles. The van der Waals surface area contributed by atoms with E-state index in [1.54, 1.807) is 17.6 Å². The molecule has 2 heterocycles. The number of amides is 1. The lowest BCUT2D eigenvalue weighted by Gasteiger charge is -2.09. The van der Waals surface area contributed by atoms with E-state index in [-0.39, 0.29) is 17.2 Å². The number of thiazole rings is 1. The molecule has 0 radical (unpaired) electrons. The Hall–Kier alpha value is -3.27. The van der Waals surface area contributed by atoms with Crippen molar-refractivity contribution in [3.05, 3.63) is 69.8 Å². The van der Waals surface area contributed by atoms with E-state index in [9.17, 15) is 22.8 Å². The quantitative estimate of drug-likeness (QED) is 0.478. The minimum absolute atomic E-state index is 0.106. The minimum atomic E-state index is -4.51. The van der Waals surface area contributed by atoms with Crippen LogP contribution in [0.25, 0.3) is 6.08 Å². The lowest BCUT2D eigenvalue weighted by atomic mass is 10.1. The SMILES string of the molecule is CC(=O)c1csc(Cn2ccc(NC(=O)C=Cc3ccccc3C(F)(F)F)n2)n1. The Morgan fingerprint density at radius 3 is 2.69 bits per heavy atom. The average molecular weight is 420 g/mol. The summed E-state index contributed by atoms with van der Waals surface area (Å²) in [6, 6.07) is 6.54. The third-order valence-electron chi connectivity index (χ3n) is 3.78. The zero-order chi connectivity index (χ0) is 21.0. The fraction of sp³-hybridized carbons (Fsp3) is 0.158. The van der Waals surface area contributed by atoms with Gasteiger partial charge in [-0.2, -0.15) is 18.3 Å². The van der Waals surface area contributed by atoms with Crippen LogP contribution in [0.4, 0.5) is 19.0 Å². The molecular weight excluding hydrogens is 405 g/mol. The fourth-order valence-corrected chi connectivity index (χ4v) is 3.26. The smallest absolute Gasteiger partial charge is 0.306 e. The number of halogens is 3. The molecule has 2 aromatic heterocycles. The van der Waals surface area contributed by atoms with Crippen molar-refractivity contribution >= 4 is 34.9 Å². The number of benzene rings is 1. The highest BCUT2D eigenvalue weighted by Crippen LogP contribution is 2.32. The van der Waals surface area contributed by atoms with E-state index in [1.807, 2.05) is 0 Å². The summed E-state index contributed by atoms with van der Waals surface area (Å²) in [6.07, 6.45) is -0.765. The molecule has 0 aliphatic heterocycles. The largest absolute Gasteiger partial charge is 0.416 e. The van der Waals surface area contributed by atoms with Gasteiger partial charge in [0, 0.05) is 30.6 Å². The fourth-order valence-electron chi connectivity index (χ4n) is 2.43. The van der Waals surface area contributed by atoms with Gasteiger partial charge in [0.2, 0.25) is 5.91 Å². The number of anilines is 1. The molecule has 1 aromatic carbocycles. The Morgan fingerprint density at radius 2 is 2.00 bits per heavy atom. The molecule has 150 valence electrons. The van der Waals surface area contributed by atoms with Gasteiger partial charge >= 0.3 is 6.18 Å². The molecule has 10 heteroatoms. The molecule has 0 aliphatic rings. The second-order valence-corrected chi connectivity index (χ2v) is 6.93. The molecule has 0 bridgehead atoms. The molecule has 1 N–H and O–H groups in total. The molecule has 3 aromatic rings. The van der Waals surface area contributed by atoms with Crippen molar-refractivity contribution in [3.63, 3.8) is 0 Å². The first-order chi connectivity index (χ1) is 13.7. The van der Waals surface area contributed by atoms with Gasteiger partial charge in [-0.15, -0.1) is 11.3 Å². The first kappa shape index (κ1) is 20.5. The van der Waals surface area contributed by atoms with E-state index >= 15 is 0 Å². The number of carbonyl (C=O) groups is 2. The van der Waals surface area contributed by atoms with E-state index in [0.29, 0.717) is 17.2 Å². The van der Waals surface area contributed by atoms with Crippen molar-refractivity contribution in [1.29, 1.82) is 0 Å². The molecule has 0 saturated heterocycles. The monoisotopic (exact) mass is 420 g/mol. The van der Waals surface area contributed by atoms with Crippen molar-refractivity contribution in [2.75, 3.05) is 5.32 Å². The Morgan fingerprint density at radius 1 is 1.24 bits per heavy atom. The van der Waals surface area contributed by atoms with Gasteiger partial charge in [0.1, 0.15) is 10.7 Å². The van der Waals surface area contributed by atoms with E-state index < -0.39 is 17.6 Å². The lowest BCUT2D eigenvalue weighted by Crippen LogP contribution is -2.10. The van der Waals surface area contributed by atoms with Crippen LogP contribution >= 0.6 is 11.3 Å².